The topological polar surface area (TPSA) is 55.1 Å². The number of aryl methyl sites for hydroxylation is 2. The lowest BCUT2D eigenvalue weighted by Gasteiger charge is -2.07. The van der Waals surface area contributed by atoms with Crippen molar-refractivity contribution in [2.75, 3.05) is 0 Å². The molecular formula is C13H14N2O2. The highest BCUT2D eigenvalue weighted by Gasteiger charge is 2.10. The van der Waals surface area contributed by atoms with Gasteiger partial charge in [-0.05, 0) is 31.5 Å². The fourth-order valence-electron chi connectivity index (χ4n) is 1.82. The second-order valence-corrected chi connectivity index (χ2v) is 4.05. The lowest BCUT2D eigenvalue weighted by atomic mass is 10.2. The molecule has 0 aliphatic carbocycles. The molecule has 1 heterocycles. The molecule has 1 N–H and O–H groups in total. The van der Waals surface area contributed by atoms with Crippen molar-refractivity contribution in [2.24, 2.45) is 0 Å². The number of nitrogens with zero attached hydrogens (tertiary/aromatic N) is 2. The maximum Gasteiger partial charge on any atom is 0.309 e. The van der Waals surface area contributed by atoms with Gasteiger partial charge in [0.05, 0.1) is 17.8 Å². The van der Waals surface area contributed by atoms with Crippen LogP contribution in [0.3, 0.4) is 0 Å². The van der Waals surface area contributed by atoms with E-state index in [0.29, 0.717) is 5.69 Å². The number of hydrogen-bond donors (Lipinski definition) is 1. The summed E-state index contributed by atoms with van der Waals surface area (Å²) in [5.74, 6) is -0.862. The average Bonchev–Trinajstić information content (AvgIpc) is 2.59. The number of benzene rings is 1. The molecule has 17 heavy (non-hydrogen) atoms. The molecule has 1 aromatic heterocycles. The molecule has 0 aliphatic heterocycles. The molecular weight excluding hydrogens is 216 g/mol. The van der Waals surface area contributed by atoms with Gasteiger partial charge in [-0.15, -0.1) is 0 Å². The molecule has 0 fully saturated rings. The van der Waals surface area contributed by atoms with Crippen molar-refractivity contribution in [2.45, 2.75) is 20.3 Å². The normalized spacial score (nSPS) is 10.5. The van der Waals surface area contributed by atoms with Gasteiger partial charge in [0.2, 0.25) is 0 Å². The SMILES string of the molecule is Cc1ccccc1-n1nc(CC(=O)O)cc1C. The van der Waals surface area contributed by atoms with Crippen LogP contribution in [0, 0.1) is 13.8 Å². The minimum absolute atomic E-state index is 0.0419. The van der Waals surface area contributed by atoms with Gasteiger partial charge in [-0.1, -0.05) is 18.2 Å². The van der Waals surface area contributed by atoms with Crippen LogP contribution in [0.25, 0.3) is 5.69 Å². The zero-order chi connectivity index (χ0) is 12.4. The van der Waals surface area contributed by atoms with E-state index in [1.54, 1.807) is 10.7 Å². The maximum absolute atomic E-state index is 10.6. The maximum atomic E-state index is 10.6. The number of aliphatic carboxylic acids is 1. The average molecular weight is 230 g/mol. The molecule has 0 spiro atoms. The summed E-state index contributed by atoms with van der Waals surface area (Å²) in [6.07, 6.45) is -0.0419. The van der Waals surface area contributed by atoms with Gasteiger partial charge in [-0.2, -0.15) is 5.10 Å². The van der Waals surface area contributed by atoms with Crippen LogP contribution >= 0.6 is 0 Å². The van der Waals surface area contributed by atoms with E-state index in [0.717, 1.165) is 16.9 Å². The van der Waals surface area contributed by atoms with Crippen LogP contribution in [0.2, 0.25) is 0 Å². The molecule has 0 radical (unpaired) electrons. The number of carbonyl (C=O) groups is 1. The minimum atomic E-state index is -0.862. The summed E-state index contributed by atoms with van der Waals surface area (Å²) in [6, 6.07) is 9.70. The molecule has 0 amide bonds. The Morgan fingerprint density at radius 1 is 1.35 bits per heavy atom. The molecule has 0 saturated carbocycles. The molecule has 2 aromatic rings. The highest BCUT2D eigenvalue weighted by atomic mass is 16.4. The van der Waals surface area contributed by atoms with Gasteiger partial charge in [0.1, 0.15) is 0 Å². The monoisotopic (exact) mass is 230 g/mol. The summed E-state index contributed by atoms with van der Waals surface area (Å²) in [5, 5.41) is 13.1. The van der Waals surface area contributed by atoms with Crippen LogP contribution in [0.5, 0.6) is 0 Å². The Morgan fingerprint density at radius 3 is 2.71 bits per heavy atom. The number of para-hydroxylation sites is 1. The van der Waals surface area contributed by atoms with Gasteiger partial charge < -0.3 is 5.11 Å². The van der Waals surface area contributed by atoms with Crippen LogP contribution < -0.4 is 0 Å². The Morgan fingerprint density at radius 2 is 2.06 bits per heavy atom. The third-order valence-corrected chi connectivity index (χ3v) is 2.61. The molecule has 1 aromatic carbocycles. The van der Waals surface area contributed by atoms with E-state index in [2.05, 4.69) is 5.10 Å². The zero-order valence-corrected chi connectivity index (χ0v) is 9.84. The van der Waals surface area contributed by atoms with Gasteiger partial charge >= 0.3 is 5.97 Å². The largest absolute Gasteiger partial charge is 0.481 e. The third kappa shape index (κ3) is 2.36. The van der Waals surface area contributed by atoms with Crippen LogP contribution in [0.15, 0.2) is 30.3 Å². The summed E-state index contributed by atoms with van der Waals surface area (Å²) in [5.41, 5.74) is 3.62. The summed E-state index contributed by atoms with van der Waals surface area (Å²) in [6.45, 7) is 3.93. The summed E-state index contributed by atoms with van der Waals surface area (Å²) < 4.78 is 1.79. The molecule has 0 saturated heterocycles. The van der Waals surface area contributed by atoms with Crippen molar-refractivity contribution in [1.29, 1.82) is 0 Å². The number of rotatable bonds is 3. The van der Waals surface area contributed by atoms with E-state index < -0.39 is 5.97 Å². The lowest BCUT2D eigenvalue weighted by molar-refractivity contribution is -0.136. The predicted octanol–water partition coefficient (Wildman–Crippen LogP) is 2.12. The Labute approximate surface area is 99.5 Å². The Balaban J connectivity index is 2.43. The molecule has 0 atom stereocenters. The van der Waals surface area contributed by atoms with Crippen LogP contribution in [0.1, 0.15) is 17.0 Å². The predicted molar refractivity (Wildman–Crippen MR) is 64.4 cm³/mol. The Bertz CT molecular complexity index is 558. The van der Waals surface area contributed by atoms with Gasteiger partial charge in [0.15, 0.2) is 0 Å². The first kappa shape index (κ1) is 11.4. The van der Waals surface area contributed by atoms with Gasteiger partial charge in [0.25, 0.3) is 0 Å². The van der Waals surface area contributed by atoms with E-state index in [-0.39, 0.29) is 6.42 Å². The van der Waals surface area contributed by atoms with Gasteiger partial charge in [0, 0.05) is 5.69 Å². The van der Waals surface area contributed by atoms with Gasteiger partial charge in [-0.25, -0.2) is 4.68 Å². The van der Waals surface area contributed by atoms with Crippen molar-refractivity contribution in [3.8, 4) is 5.69 Å². The molecule has 0 bridgehead atoms. The smallest absolute Gasteiger partial charge is 0.309 e. The molecule has 0 unspecified atom stereocenters. The second kappa shape index (κ2) is 4.41. The lowest BCUT2D eigenvalue weighted by Crippen LogP contribution is -2.04. The number of hydrogen-bond acceptors (Lipinski definition) is 2. The summed E-state index contributed by atoms with van der Waals surface area (Å²) >= 11 is 0. The molecule has 4 heteroatoms. The highest BCUT2D eigenvalue weighted by Crippen LogP contribution is 2.16. The molecule has 4 nitrogen and oxygen atoms in total. The first-order chi connectivity index (χ1) is 8.08. The van der Waals surface area contributed by atoms with Crippen LogP contribution in [0.4, 0.5) is 0 Å². The summed E-state index contributed by atoms with van der Waals surface area (Å²) in [4.78, 5) is 10.6. The first-order valence-electron chi connectivity index (χ1n) is 5.41. The second-order valence-electron chi connectivity index (χ2n) is 4.05. The highest BCUT2D eigenvalue weighted by molar-refractivity contribution is 5.69. The Hall–Kier alpha value is -2.10. The van der Waals surface area contributed by atoms with E-state index in [1.165, 1.54) is 0 Å². The fraction of sp³-hybridized carbons (Fsp3) is 0.231. The van der Waals surface area contributed by atoms with Crippen molar-refractivity contribution < 1.29 is 9.90 Å². The molecule has 2 rings (SSSR count). The molecule has 88 valence electrons. The number of carboxylic acids is 1. The van der Waals surface area contributed by atoms with Crippen molar-refractivity contribution in [3.05, 3.63) is 47.3 Å². The van der Waals surface area contributed by atoms with Crippen molar-refractivity contribution in [3.63, 3.8) is 0 Å². The Kier molecular flexibility index (Phi) is 2.95. The first-order valence-corrected chi connectivity index (χ1v) is 5.41. The van der Waals surface area contributed by atoms with Crippen LogP contribution in [-0.4, -0.2) is 20.9 Å². The van der Waals surface area contributed by atoms with E-state index in [9.17, 15) is 4.79 Å². The minimum Gasteiger partial charge on any atom is -0.481 e. The van der Waals surface area contributed by atoms with Crippen molar-refractivity contribution >= 4 is 5.97 Å². The van der Waals surface area contributed by atoms with E-state index >= 15 is 0 Å². The standard InChI is InChI=1S/C13H14N2O2/c1-9-5-3-4-6-12(9)15-10(2)7-11(14-15)8-13(16)17/h3-7H,8H2,1-2H3,(H,16,17). The van der Waals surface area contributed by atoms with Crippen molar-refractivity contribution in [1.82, 2.24) is 9.78 Å². The van der Waals surface area contributed by atoms with E-state index in [1.807, 2.05) is 38.1 Å². The van der Waals surface area contributed by atoms with Gasteiger partial charge in [-0.3, -0.25) is 4.79 Å². The molecule has 0 aliphatic rings. The van der Waals surface area contributed by atoms with E-state index in [4.69, 9.17) is 5.11 Å². The summed E-state index contributed by atoms with van der Waals surface area (Å²) in [7, 11) is 0. The number of carboxylic acid groups (broad SMARTS) is 1. The third-order valence-electron chi connectivity index (χ3n) is 2.61. The number of aromatic nitrogens is 2. The zero-order valence-electron chi connectivity index (χ0n) is 9.84. The van der Waals surface area contributed by atoms with Crippen LogP contribution in [-0.2, 0) is 11.2 Å². The fourth-order valence-corrected chi connectivity index (χ4v) is 1.82. The quantitative estimate of drug-likeness (QED) is 0.878.